The minimum atomic E-state index is -0.273. The molecule has 0 aliphatic carbocycles. The SMILES string of the molecule is CN1c2nc(Cc3cc[nH]n3)sc2C2C=NN(Cc3cccc4c3CCN4)C(=O)C21. The second kappa shape index (κ2) is 6.66. The molecule has 5 heterocycles. The quantitative estimate of drug-likeness (QED) is 0.678. The minimum Gasteiger partial charge on any atom is -0.384 e. The van der Waals surface area contributed by atoms with Crippen LogP contribution in [-0.2, 0) is 24.2 Å². The molecule has 0 spiro atoms. The first-order valence-electron chi connectivity index (χ1n) is 10.1. The molecule has 9 heteroatoms. The number of likely N-dealkylation sites (N-methyl/N-ethyl adjacent to an activating group) is 1. The van der Waals surface area contributed by atoms with E-state index in [2.05, 4.69) is 32.7 Å². The third kappa shape index (κ3) is 2.65. The zero-order chi connectivity index (χ0) is 20.2. The van der Waals surface area contributed by atoms with E-state index in [1.807, 2.05) is 36.5 Å². The van der Waals surface area contributed by atoms with Gasteiger partial charge in [0.1, 0.15) is 16.9 Å². The van der Waals surface area contributed by atoms with Gasteiger partial charge in [0.2, 0.25) is 0 Å². The van der Waals surface area contributed by atoms with Gasteiger partial charge in [0.05, 0.1) is 23.0 Å². The monoisotopic (exact) mass is 419 g/mol. The number of benzene rings is 1. The number of fused-ring (bicyclic) bond motifs is 4. The Labute approximate surface area is 177 Å². The summed E-state index contributed by atoms with van der Waals surface area (Å²) in [6, 6.07) is 7.91. The van der Waals surface area contributed by atoms with Gasteiger partial charge in [-0.3, -0.25) is 9.89 Å². The van der Waals surface area contributed by atoms with Crippen LogP contribution in [-0.4, -0.2) is 51.9 Å². The maximum absolute atomic E-state index is 13.3. The summed E-state index contributed by atoms with van der Waals surface area (Å²) in [6.07, 6.45) is 5.42. The van der Waals surface area contributed by atoms with E-state index in [9.17, 15) is 4.79 Å². The van der Waals surface area contributed by atoms with Crippen molar-refractivity contribution < 1.29 is 4.79 Å². The van der Waals surface area contributed by atoms with Crippen LogP contribution in [0, 0.1) is 0 Å². The molecule has 0 bridgehead atoms. The summed E-state index contributed by atoms with van der Waals surface area (Å²) in [6.45, 7) is 1.45. The first kappa shape index (κ1) is 17.6. The lowest BCUT2D eigenvalue weighted by atomic mass is 9.99. The van der Waals surface area contributed by atoms with Gasteiger partial charge < -0.3 is 10.2 Å². The van der Waals surface area contributed by atoms with Gasteiger partial charge in [-0.15, -0.1) is 11.3 Å². The van der Waals surface area contributed by atoms with Gasteiger partial charge in [-0.1, -0.05) is 12.1 Å². The van der Waals surface area contributed by atoms with Crippen molar-refractivity contribution in [3.8, 4) is 0 Å². The number of hydrazone groups is 1. The molecule has 2 aromatic heterocycles. The molecule has 30 heavy (non-hydrogen) atoms. The van der Waals surface area contributed by atoms with E-state index in [1.165, 1.54) is 11.3 Å². The predicted molar refractivity (Wildman–Crippen MR) is 116 cm³/mol. The van der Waals surface area contributed by atoms with Crippen LogP contribution in [0.25, 0.3) is 0 Å². The molecule has 0 radical (unpaired) electrons. The van der Waals surface area contributed by atoms with E-state index in [4.69, 9.17) is 4.98 Å². The second-order valence-corrected chi connectivity index (χ2v) is 9.01. The Morgan fingerprint density at radius 2 is 2.23 bits per heavy atom. The zero-order valence-electron chi connectivity index (χ0n) is 16.5. The third-order valence-corrected chi connectivity index (χ3v) is 7.27. The molecule has 3 aromatic rings. The highest BCUT2D eigenvalue weighted by Gasteiger charge is 2.47. The number of hydrogen-bond donors (Lipinski definition) is 2. The van der Waals surface area contributed by atoms with Crippen LogP contribution in [0.1, 0.15) is 32.6 Å². The number of thiazole rings is 1. The molecule has 2 N–H and O–H groups in total. The molecule has 2 unspecified atom stereocenters. The molecule has 1 amide bonds. The van der Waals surface area contributed by atoms with E-state index < -0.39 is 0 Å². The van der Waals surface area contributed by atoms with E-state index in [0.29, 0.717) is 13.0 Å². The van der Waals surface area contributed by atoms with Crippen molar-refractivity contribution >= 4 is 35.0 Å². The maximum Gasteiger partial charge on any atom is 0.266 e. The Balaban J connectivity index is 1.26. The smallest absolute Gasteiger partial charge is 0.266 e. The largest absolute Gasteiger partial charge is 0.384 e. The van der Waals surface area contributed by atoms with Crippen LogP contribution in [0.3, 0.4) is 0 Å². The number of carbonyl (C=O) groups excluding carboxylic acids is 1. The van der Waals surface area contributed by atoms with Crippen LogP contribution < -0.4 is 10.2 Å². The summed E-state index contributed by atoms with van der Waals surface area (Å²) >= 11 is 1.66. The van der Waals surface area contributed by atoms with Crippen molar-refractivity contribution in [2.24, 2.45) is 5.10 Å². The van der Waals surface area contributed by atoms with Crippen LogP contribution in [0.4, 0.5) is 11.5 Å². The van der Waals surface area contributed by atoms with Gasteiger partial charge >= 0.3 is 0 Å². The zero-order valence-corrected chi connectivity index (χ0v) is 17.3. The van der Waals surface area contributed by atoms with Crippen LogP contribution in [0.2, 0.25) is 0 Å². The average Bonchev–Trinajstić information content (AvgIpc) is 3.52. The number of H-pyrrole nitrogens is 1. The van der Waals surface area contributed by atoms with Crippen LogP contribution in [0.15, 0.2) is 35.6 Å². The highest BCUT2D eigenvalue weighted by molar-refractivity contribution is 7.12. The topological polar surface area (TPSA) is 89.5 Å². The molecule has 2 atom stereocenters. The standard InChI is InChI=1S/C21H21N7OS/c1-27-18-15(19-20(27)25-17(30-19)9-13-5-8-23-26-13)10-24-28(21(18)29)11-12-3-2-4-16-14(12)6-7-22-16/h2-5,8,10,15,18,22H,6-7,9,11H2,1H3,(H,23,26). The fraction of sp³-hybridized carbons (Fsp3) is 0.333. The summed E-state index contributed by atoms with van der Waals surface area (Å²) in [5.74, 6) is 0.891. The van der Waals surface area contributed by atoms with Gasteiger partial charge in [-0.25, -0.2) is 9.99 Å². The van der Waals surface area contributed by atoms with Gasteiger partial charge in [0.15, 0.2) is 0 Å². The van der Waals surface area contributed by atoms with Crippen molar-refractivity contribution in [3.05, 3.63) is 57.2 Å². The van der Waals surface area contributed by atoms with Gasteiger partial charge in [0.25, 0.3) is 5.91 Å². The van der Waals surface area contributed by atoms with Crippen molar-refractivity contribution in [2.45, 2.75) is 31.3 Å². The van der Waals surface area contributed by atoms with Crippen molar-refractivity contribution in [1.29, 1.82) is 0 Å². The Hall–Kier alpha value is -3.20. The molecule has 152 valence electrons. The molecule has 1 aromatic carbocycles. The average molecular weight is 420 g/mol. The fourth-order valence-corrected chi connectivity index (χ4v) is 5.86. The lowest BCUT2D eigenvalue weighted by Crippen LogP contribution is -2.48. The third-order valence-electron chi connectivity index (χ3n) is 6.12. The molecule has 3 aliphatic heterocycles. The highest BCUT2D eigenvalue weighted by atomic mass is 32.1. The van der Waals surface area contributed by atoms with Crippen molar-refractivity contribution in [2.75, 3.05) is 23.8 Å². The van der Waals surface area contributed by atoms with Gasteiger partial charge in [0, 0.05) is 38.1 Å². The summed E-state index contributed by atoms with van der Waals surface area (Å²) < 4.78 is 0. The highest BCUT2D eigenvalue weighted by Crippen LogP contribution is 2.45. The molecule has 3 aliphatic rings. The number of aromatic nitrogens is 3. The van der Waals surface area contributed by atoms with Gasteiger partial charge in [-0.2, -0.15) is 10.2 Å². The fourth-order valence-electron chi connectivity index (χ4n) is 4.65. The number of nitrogens with one attached hydrogen (secondary N) is 2. The van der Waals surface area contributed by atoms with Crippen molar-refractivity contribution in [1.82, 2.24) is 20.2 Å². The Kier molecular flexibility index (Phi) is 3.92. The summed E-state index contributed by atoms with van der Waals surface area (Å²) in [5, 5.41) is 17.6. The van der Waals surface area contributed by atoms with E-state index in [1.54, 1.807) is 16.3 Å². The minimum absolute atomic E-state index is 0.0348. The lowest BCUT2D eigenvalue weighted by molar-refractivity contribution is -0.133. The first-order valence-corrected chi connectivity index (χ1v) is 10.9. The number of anilines is 2. The Morgan fingerprint density at radius 3 is 3.10 bits per heavy atom. The first-order chi connectivity index (χ1) is 14.7. The lowest BCUT2D eigenvalue weighted by Gasteiger charge is -2.32. The summed E-state index contributed by atoms with van der Waals surface area (Å²) in [4.78, 5) is 21.3. The number of amides is 1. The van der Waals surface area contributed by atoms with Crippen LogP contribution >= 0.6 is 11.3 Å². The number of aromatic amines is 1. The van der Waals surface area contributed by atoms with E-state index >= 15 is 0 Å². The molecule has 0 fully saturated rings. The molecule has 6 rings (SSSR count). The number of hydrogen-bond acceptors (Lipinski definition) is 7. The van der Waals surface area contributed by atoms with Crippen LogP contribution in [0.5, 0.6) is 0 Å². The Morgan fingerprint density at radius 1 is 1.30 bits per heavy atom. The molecule has 8 nitrogen and oxygen atoms in total. The summed E-state index contributed by atoms with van der Waals surface area (Å²) in [5.41, 5.74) is 4.60. The van der Waals surface area contributed by atoms with Crippen molar-refractivity contribution in [3.63, 3.8) is 0 Å². The normalized spacial score (nSPS) is 21.6. The molecule has 0 saturated carbocycles. The number of rotatable bonds is 4. The second-order valence-electron chi connectivity index (χ2n) is 7.90. The number of carbonyl (C=O) groups is 1. The summed E-state index contributed by atoms with van der Waals surface area (Å²) in [7, 11) is 1.96. The molecule has 0 saturated heterocycles. The number of nitrogens with zero attached hydrogens (tertiary/aromatic N) is 5. The predicted octanol–water partition coefficient (Wildman–Crippen LogP) is 2.36. The maximum atomic E-state index is 13.3. The van der Waals surface area contributed by atoms with E-state index in [0.717, 1.165) is 39.9 Å². The Bertz CT molecular complexity index is 1150. The van der Waals surface area contributed by atoms with Gasteiger partial charge in [-0.05, 0) is 29.7 Å². The molecular formula is C21H21N7OS. The molecular weight excluding hydrogens is 398 g/mol. The van der Waals surface area contributed by atoms with E-state index in [-0.39, 0.29) is 17.9 Å².